The monoisotopic (exact) mass is 1450 g/mol. The molecule has 9 nitrogen and oxygen atoms in total. The fourth-order valence-corrected chi connectivity index (χ4v) is 13.8. The quantitative estimate of drug-likeness (QED) is 0.0211. The molecule has 2 atom stereocenters. The summed E-state index contributed by atoms with van der Waals surface area (Å²) in [4.78, 5) is 37.8. The summed E-state index contributed by atoms with van der Waals surface area (Å²) in [6.07, 6.45) is 111. The van der Waals surface area contributed by atoms with E-state index < -0.39 is 18.4 Å². The molecule has 103 heavy (non-hydrogen) atoms. The molecular formula is C94H176NO8+. The average molecular weight is 1450 g/mol. The van der Waals surface area contributed by atoms with E-state index in [-0.39, 0.29) is 38.2 Å². The van der Waals surface area contributed by atoms with Gasteiger partial charge in [-0.05, 0) is 83.5 Å². The number of carboxylic acid groups (broad SMARTS) is 1. The summed E-state index contributed by atoms with van der Waals surface area (Å²) in [5, 5.41) is 9.80. The maximum absolute atomic E-state index is 13.0. The smallest absolute Gasteiger partial charge is 0.361 e. The number of unbranched alkanes of at least 4 members (excludes halogenated alkanes) is 61. The average Bonchev–Trinajstić information content (AvgIpc) is 1.01. The summed E-state index contributed by atoms with van der Waals surface area (Å²) >= 11 is 0. The van der Waals surface area contributed by atoms with E-state index in [1.165, 1.54) is 379 Å². The van der Waals surface area contributed by atoms with Crippen LogP contribution in [0.1, 0.15) is 463 Å². The van der Waals surface area contributed by atoms with Gasteiger partial charge in [-0.25, -0.2) is 4.79 Å². The summed E-state index contributed by atoms with van der Waals surface area (Å²) in [5.41, 5.74) is 0. The molecule has 0 saturated heterocycles. The van der Waals surface area contributed by atoms with Crippen molar-refractivity contribution in [3.8, 4) is 0 Å². The van der Waals surface area contributed by atoms with Gasteiger partial charge in [0, 0.05) is 12.8 Å². The number of nitrogens with zero attached hydrogens (tertiary/aromatic N) is 1. The van der Waals surface area contributed by atoms with Gasteiger partial charge in [0.15, 0.2) is 6.10 Å². The Hall–Kier alpha value is -3.01. The van der Waals surface area contributed by atoms with Crippen molar-refractivity contribution < 1.29 is 42.9 Å². The second-order valence-corrected chi connectivity index (χ2v) is 32.3. The molecule has 0 aliphatic carbocycles. The maximum atomic E-state index is 13.0. The van der Waals surface area contributed by atoms with Gasteiger partial charge in [0.2, 0.25) is 0 Å². The van der Waals surface area contributed by atoms with Crippen molar-refractivity contribution in [2.45, 2.75) is 476 Å². The molecule has 0 fully saturated rings. The first-order chi connectivity index (χ1) is 50.6. The lowest BCUT2D eigenvalue weighted by atomic mass is 10.0. The summed E-state index contributed by atoms with van der Waals surface area (Å²) in [5.74, 6) is -1.97. The number of esters is 2. The summed E-state index contributed by atoms with van der Waals surface area (Å²) in [6, 6.07) is 0. The number of hydrogen-bond donors (Lipinski definition) is 1. The molecule has 0 amide bonds. The van der Waals surface area contributed by atoms with Gasteiger partial charge in [-0.2, -0.15) is 0 Å². The van der Waals surface area contributed by atoms with Gasteiger partial charge in [0.1, 0.15) is 13.2 Å². The van der Waals surface area contributed by atoms with Crippen molar-refractivity contribution in [2.75, 3.05) is 47.5 Å². The molecule has 604 valence electrons. The number of quaternary nitrogens is 1. The second-order valence-electron chi connectivity index (χ2n) is 32.3. The molecule has 0 saturated carbocycles. The van der Waals surface area contributed by atoms with Gasteiger partial charge >= 0.3 is 17.9 Å². The molecule has 9 heteroatoms. The largest absolute Gasteiger partial charge is 0.477 e. The summed E-state index contributed by atoms with van der Waals surface area (Å²) in [6.45, 7) is 4.94. The van der Waals surface area contributed by atoms with Crippen molar-refractivity contribution in [3.05, 3.63) is 60.8 Å². The minimum absolute atomic E-state index is 0.175. The zero-order chi connectivity index (χ0) is 74.6. The highest BCUT2D eigenvalue weighted by molar-refractivity contribution is 5.71. The Balaban J connectivity index is 3.89. The first kappa shape index (κ1) is 100.0. The number of ether oxygens (including phenoxy) is 4. The molecule has 0 aliphatic heterocycles. The number of hydrogen-bond acceptors (Lipinski definition) is 7. The van der Waals surface area contributed by atoms with Crippen LogP contribution in [0.2, 0.25) is 0 Å². The van der Waals surface area contributed by atoms with E-state index in [4.69, 9.17) is 18.9 Å². The number of aliphatic carboxylic acids is 1. The van der Waals surface area contributed by atoms with Gasteiger partial charge < -0.3 is 28.5 Å². The van der Waals surface area contributed by atoms with Gasteiger partial charge in [-0.1, -0.05) is 428 Å². The molecule has 0 spiro atoms. The van der Waals surface area contributed by atoms with Crippen LogP contribution >= 0.6 is 0 Å². The van der Waals surface area contributed by atoms with Crippen LogP contribution in [-0.4, -0.2) is 87.4 Å². The highest BCUT2D eigenvalue weighted by Crippen LogP contribution is 2.21. The molecule has 0 radical (unpaired) electrons. The van der Waals surface area contributed by atoms with E-state index in [1.54, 1.807) is 0 Å². The molecule has 0 aliphatic rings. The molecule has 0 aromatic rings. The normalized spacial score (nSPS) is 12.8. The van der Waals surface area contributed by atoms with Crippen molar-refractivity contribution in [3.63, 3.8) is 0 Å². The third kappa shape index (κ3) is 86.1. The Labute approximate surface area is 641 Å². The van der Waals surface area contributed by atoms with Crippen molar-refractivity contribution >= 4 is 17.9 Å². The van der Waals surface area contributed by atoms with Crippen molar-refractivity contribution in [2.24, 2.45) is 0 Å². The molecular weight excluding hydrogens is 1270 g/mol. The van der Waals surface area contributed by atoms with Gasteiger partial charge in [-0.3, -0.25) is 9.59 Å². The number of rotatable bonds is 86. The third-order valence-corrected chi connectivity index (χ3v) is 20.7. The predicted molar refractivity (Wildman–Crippen MR) is 447 cm³/mol. The van der Waals surface area contributed by atoms with E-state index in [0.717, 1.165) is 57.8 Å². The van der Waals surface area contributed by atoms with Crippen LogP contribution in [0.3, 0.4) is 0 Å². The first-order valence-electron chi connectivity index (χ1n) is 45.5. The Morgan fingerprint density at radius 2 is 0.524 bits per heavy atom. The van der Waals surface area contributed by atoms with Crippen LogP contribution < -0.4 is 0 Å². The Morgan fingerprint density at radius 3 is 0.777 bits per heavy atom. The number of carbonyl (C=O) groups excluding carboxylic acids is 2. The van der Waals surface area contributed by atoms with E-state index in [0.29, 0.717) is 17.4 Å². The van der Waals surface area contributed by atoms with Crippen molar-refractivity contribution in [1.82, 2.24) is 0 Å². The number of likely N-dealkylation sites (N-methyl/N-ethyl adjacent to an activating group) is 1. The van der Waals surface area contributed by atoms with Crippen LogP contribution in [0.15, 0.2) is 60.8 Å². The number of allylic oxidation sites excluding steroid dienone is 10. The SMILES string of the molecule is CCCCCCC/C=C\C/C=C\C/C=C\CCCCCCCCCCCCCCCCCCCCCCCCCCCCC(=O)OC(COC(=O)CCCCCCCCCCCCCCCCCCCCCCCCCCC/C=C\C/C=C\CCCCCCC)COC(OCC[N+](C)(C)C)C(=O)O. The lowest BCUT2D eigenvalue weighted by Gasteiger charge is -2.25. The zero-order valence-corrected chi connectivity index (χ0v) is 69.5. The molecule has 1 N–H and O–H groups in total. The lowest BCUT2D eigenvalue weighted by molar-refractivity contribution is -0.870. The third-order valence-electron chi connectivity index (χ3n) is 20.7. The fraction of sp³-hybridized carbons (Fsp3) is 0.862. The van der Waals surface area contributed by atoms with Crippen LogP contribution in [-0.2, 0) is 33.3 Å². The molecule has 2 unspecified atom stereocenters. The standard InChI is InChI=1S/C94H175NO8/c1-6-8-10-12-14-16-18-20-22-24-26-28-30-32-34-36-38-40-42-44-45-46-47-49-51-53-55-57-59-61-63-65-67-69-71-73-75-77-79-81-83-85-92(97)103-90(89-102-94(93(98)99)100-87-86-95(3,4)5)88-101-91(96)84-82-80-78-76-74-72-70-68-66-64-62-60-58-56-54-52-50-48-43-41-39-37-35-33-31-29-27-25-23-21-19-17-15-13-11-9-7-2/h18-21,24-27,30,32,90,94H,6-17,22-23,28-29,31,33-89H2,1-5H3/p+1/b20-18-,21-19-,26-24-,27-25-,32-30-. The Morgan fingerprint density at radius 1 is 0.291 bits per heavy atom. The van der Waals surface area contributed by atoms with E-state index in [2.05, 4.69) is 74.6 Å². The van der Waals surface area contributed by atoms with Crippen LogP contribution in [0, 0.1) is 0 Å². The minimum atomic E-state index is -1.51. The summed E-state index contributed by atoms with van der Waals surface area (Å²) < 4.78 is 23.1. The summed E-state index contributed by atoms with van der Waals surface area (Å²) in [7, 11) is 6.01. The van der Waals surface area contributed by atoms with Crippen molar-refractivity contribution in [1.29, 1.82) is 0 Å². The molecule has 0 bridgehead atoms. The number of carbonyl (C=O) groups is 3. The lowest BCUT2D eigenvalue weighted by Crippen LogP contribution is -2.40. The highest BCUT2D eigenvalue weighted by atomic mass is 16.7. The fourth-order valence-electron chi connectivity index (χ4n) is 13.8. The van der Waals surface area contributed by atoms with Crippen LogP contribution in [0.25, 0.3) is 0 Å². The molecule has 0 heterocycles. The molecule has 0 aromatic carbocycles. The Kier molecular flexibility index (Phi) is 82.1. The minimum Gasteiger partial charge on any atom is -0.477 e. The number of carboxylic acids is 1. The molecule has 0 aromatic heterocycles. The molecule has 0 rings (SSSR count). The van der Waals surface area contributed by atoms with E-state index in [1.807, 2.05) is 21.1 Å². The van der Waals surface area contributed by atoms with Gasteiger partial charge in [-0.15, -0.1) is 0 Å². The van der Waals surface area contributed by atoms with Crippen LogP contribution in [0.4, 0.5) is 0 Å². The zero-order valence-electron chi connectivity index (χ0n) is 69.5. The topological polar surface area (TPSA) is 108 Å². The second kappa shape index (κ2) is 84.6. The van der Waals surface area contributed by atoms with Gasteiger partial charge in [0.25, 0.3) is 6.29 Å². The van der Waals surface area contributed by atoms with E-state index in [9.17, 15) is 19.5 Å². The predicted octanol–water partition coefficient (Wildman–Crippen LogP) is 29.7. The van der Waals surface area contributed by atoms with Gasteiger partial charge in [0.05, 0.1) is 34.4 Å². The van der Waals surface area contributed by atoms with E-state index >= 15 is 0 Å². The highest BCUT2D eigenvalue weighted by Gasteiger charge is 2.25. The Bertz CT molecular complexity index is 1880. The maximum Gasteiger partial charge on any atom is 0.361 e. The van der Waals surface area contributed by atoms with Crippen LogP contribution in [0.5, 0.6) is 0 Å². The first-order valence-corrected chi connectivity index (χ1v) is 45.5.